The molecule has 0 aliphatic carbocycles. The van der Waals surface area contributed by atoms with Gasteiger partial charge in [0.15, 0.2) is 0 Å². The van der Waals surface area contributed by atoms with Crippen molar-refractivity contribution in [1.82, 2.24) is 38.2 Å². The van der Waals surface area contributed by atoms with Gasteiger partial charge in [0.25, 0.3) is 22.2 Å². The first-order valence-electron chi connectivity index (χ1n) is 31.4. The minimum atomic E-state index is -4.81. The fourth-order valence-corrected chi connectivity index (χ4v) is 16.3. The predicted molar refractivity (Wildman–Crippen MR) is 344 cm³/mol. The zero-order valence-corrected chi connectivity index (χ0v) is 59.0. The van der Waals surface area contributed by atoms with Crippen LogP contribution in [0.25, 0.3) is 0 Å². The summed E-state index contributed by atoms with van der Waals surface area (Å²) in [5, 5.41) is 3.50. The molecule has 4 aromatic heterocycles. The van der Waals surface area contributed by atoms with E-state index in [1.54, 1.807) is 13.8 Å². The second-order valence-corrected chi connectivity index (χ2v) is 32.1. The van der Waals surface area contributed by atoms with E-state index < -0.39 is 215 Å². The molecule has 4 saturated heterocycles. The van der Waals surface area contributed by atoms with Crippen molar-refractivity contribution >= 4 is 68.3 Å². The van der Waals surface area contributed by atoms with Crippen molar-refractivity contribution < 1.29 is 99.7 Å². The molecule has 8 rings (SSSR count). The van der Waals surface area contributed by atoms with Gasteiger partial charge in [-0.1, -0.05) is 27.7 Å². The van der Waals surface area contributed by atoms with Crippen LogP contribution in [0.2, 0.25) is 0 Å². The Kier molecular flexibility index (Phi) is 26.9. The summed E-state index contributed by atoms with van der Waals surface area (Å²) in [6, 6.07) is 0. The molecule has 0 radical (unpaired) electrons. The average Bonchev–Trinajstić information content (AvgIpc) is 1.65. The van der Waals surface area contributed by atoms with Crippen molar-refractivity contribution in [3.8, 4) is 0 Å². The maximum Gasteiger partial charge on any atom is 0.697 e. The number of rotatable bonds is 31. The van der Waals surface area contributed by atoms with Crippen LogP contribution in [0.5, 0.6) is 0 Å². The third-order valence-electron chi connectivity index (χ3n) is 15.2. The molecule has 542 valence electrons. The lowest BCUT2D eigenvalue weighted by atomic mass is 10.1. The van der Waals surface area contributed by atoms with Crippen molar-refractivity contribution in [2.24, 2.45) is 11.8 Å². The summed E-state index contributed by atoms with van der Waals surface area (Å²) >= 11 is 0.777. The number of H-pyrrole nitrogens is 4. The van der Waals surface area contributed by atoms with E-state index in [1.165, 1.54) is 80.4 Å². The maximum absolute atomic E-state index is 15.3. The topological polar surface area (TPSA) is 479 Å². The number of Topliss-reactive ketones (excluding diaryl/α,β-unsaturated/α-hetero) is 1. The minimum Gasteiger partial charge on any atom is -0.459 e. The number of esters is 3. The van der Waals surface area contributed by atoms with Gasteiger partial charge in [0.2, 0.25) is 1.43 Å². The number of hydrogen-bond acceptors (Lipinski definition) is 31. The Labute approximate surface area is 567 Å². The molecular formula is C56H78N8O29P3S2+. The predicted octanol–water partition coefficient (Wildman–Crippen LogP) is 3.34. The number of aryl methyl sites for hydroxylation is 4. The molecule has 4 fully saturated rings. The largest absolute Gasteiger partial charge is 0.697 e. The van der Waals surface area contributed by atoms with E-state index in [4.69, 9.17) is 63.1 Å². The Morgan fingerprint density at radius 2 is 0.959 bits per heavy atom. The number of aliphatic hydroxyl groups excluding tert-OH is 1. The molecule has 4 aliphatic rings. The van der Waals surface area contributed by atoms with Crippen LogP contribution in [0.15, 0.2) is 63.1 Å². The Morgan fingerprint density at radius 1 is 0.602 bits per heavy atom. The van der Waals surface area contributed by atoms with Gasteiger partial charge >= 0.3 is 62.5 Å². The highest BCUT2D eigenvalue weighted by Crippen LogP contribution is 2.64. The first kappa shape index (κ1) is 75.8. The molecule has 8 heterocycles. The maximum atomic E-state index is 15.3. The van der Waals surface area contributed by atoms with Crippen LogP contribution in [0.4, 0.5) is 0 Å². The molecule has 42 heteroatoms. The first-order valence-corrected chi connectivity index (χ1v) is 37.6. The lowest BCUT2D eigenvalue weighted by Gasteiger charge is -2.25. The lowest BCUT2D eigenvalue weighted by molar-refractivity contribution is -0.153. The summed E-state index contributed by atoms with van der Waals surface area (Å²) in [4.78, 5) is 161. The van der Waals surface area contributed by atoms with Crippen LogP contribution in [0.3, 0.4) is 0 Å². The fourth-order valence-electron chi connectivity index (χ4n) is 9.86. The van der Waals surface area contributed by atoms with Gasteiger partial charge in [-0.05, 0) is 41.5 Å². The number of ketones is 1. The normalized spacial score (nSPS) is 25.4. The molecular weight excluding hydrogens is 1410 g/mol. The van der Waals surface area contributed by atoms with E-state index >= 15 is 4.57 Å². The summed E-state index contributed by atoms with van der Waals surface area (Å²) < 4.78 is 140. The van der Waals surface area contributed by atoms with Crippen molar-refractivity contribution in [3.63, 3.8) is 0 Å². The molecule has 4 aliphatic heterocycles. The zero-order chi connectivity index (χ0) is 73.7. The van der Waals surface area contributed by atoms with Crippen molar-refractivity contribution in [1.29, 1.82) is 1.43 Å². The monoisotopic (exact) mass is 1490 g/mol. The van der Waals surface area contributed by atoms with Crippen LogP contribution >= 0.6 is 44.6 Å². The van der Waals surface area contributed by atoms with Crippen molar-refractivity contribution in [2.75, 3.05) is 38.8 Å². The minimum absolute atomic E-state index is 0.0546. The zero-order valence-electron chi connectivity index (χ0n) is 56.7. The van der Waals surface area contributed by atoms with Crippen LogP contribution in [-0.2, 0) is 93.2 Å². The van der Waals surface area contributed by atoms with Gasteiger partial charge in [-0.2, -0.15) is 0 Å². The highest BCUT2D eigenvalue weighted by molar-refractivity contribution is 8.55. The van der Waals surface area contributed by atoms with E-state index in [0.717, 1.165) is 18.3 Å². The summed E-state index contributed by atoms with van der Waals surface area (Å²) in [7, 11) is -2.10. The van der Waals surface area contributed by atoms with E-state index in [1.807, 2.05) is 0 Å². The molecule has 5 N–H and O–H groups in total. The number of nitrogens with one attached hydrogen (secondary N) is 4. The molecule has 98 heavy (non-hydrogen) atoms. The Balaban J connectivity index is 0.00000460. The average molecular weight is 1490 g/mol. The fraction of sp³-hybridized carbons (Fsp3) is 0.643. The molecule has 37 nitrogen and oxygen atoms in total. The van der Waals surface area contributed by atoms with Gasteiger partial charge in [-0.15, -0.1) is 9.05 Å². The van der Waals surface area contributed by atoms with Gasteiger partial charge in [0, 0.05) is 115 Å². The van der Waals surface area contributed by atoms with Gasteiger partial charge in [0.1, 0.15) is 85.8 Å². The van der Waals surface area contributed by atoms with Crippen LogP contribution in [-0.4, -0.2) is 156 Å². The SMILES string of the molecule is [2H]C[C@H]1O[C@@H](n2cc(C)c(=O)[nH]c2=O)CC1OP(=O)(OC[C@H]1O[C@@H](n2cc(C)c(=O)[nH]c2=O)CC1O[P+](=O)OC[C@H]1O[C@@H](n2cc(C)c(=O)[nH]c2=O)CC1OP(=O)(OC[C@H]1O[C@@H](n2cc(C)c(=O)[nH]c2=O)CC1OC(=O)CCC(C)=O)SCOC(=O)C(C)C)SCOC(=O)C(C)C.[3H]OC. The number of aromatic amines is 4. The summed E-state index contributed by atoms with van der Waals surface area (Å²) in [6.07, 6.45) is -12.9. The van der Waals surface area contributed by atoms with Crippen molar-refractivity contribution in [3.05, 3.63) is 130 Å². The number of aromatic nitrogens is 8. The van der Waals surface area contributed by atoms with Gasteiger partial charge < -0.3 is 43.1 Å². The number of ether oxygens (including phenoxy) is 7. The molecule has 0 amide bonds. The second kappa shape index (κ2) is 34.8. The second-order valence-electron chi connectivity index (χ2n) is 23.3. The Hall–Kier alpha value is -6.38. The quantitative estimate of drug-likeness (QED) is 0.0209. The third-order valence-corrected chi connectivity index (χ3v) is 22.7. The van der Waals surface area contributed by atoms with E-state index in [0.29, 0.717) is 22.8 Å². The van der Waals surface area contributed by atoms with Crippen molar-refractivity contribution in [2.45, 2.75) is 181 Å². The molecule has 0 saturated carbocycles. The Morgan fingerprint density at radius 3 is 1.36 bits per heavy atom. The van der Waals surface area contributed by atoms with Crippen LogP contribution in [0, 0.1) is 39.5 Å². The van der Waals surface area contributed by atoms with E-state index in [-0.39, 0.29) is 60.1 Å². The van der Waals surface area contributed by atoms with Gasteiger partial charge in [-0.25, -0.2) is 28.3 Å². The summed E-state index contributed by atoms with van der Waals surface area (Å²) in [5.41, 5.74) is -6.04. The van der Waals surface area contributed by atoms with Crippen LogP contribution in [0.1, 0.15) is 129 Å². The third kappa shape index (κ3) is 20.9. The van der Waals surface area contributed by atoms with E-state index in [9.17, 15) is 66.7 Å². The molecule has 0 aromatic carbocycles. The number of nitrogens with zero attached hydrogens (tertiary/aromatic N) is 4. The molecule has 0 spiro atoms. The summed E-state index contributed by atoms with van der Waals surface area (Å²) in [5.74, 6) is -5.13. The smallest absolute Gasteiger partial charge is 0.459 e. The number of aliphatic hydroxyl groups is 1. The number of carbonyl (C=O) groups excluding carboxylic acids is 4. The first-order chi connectivity index (χ1) is 47.1. The molecule has 0 bridgehead atoms. The molecule has 15 atom stereocenters. The standard InChI is InChI=1S/C55H73N8O28P3S2.CH4O/c1-26(2)50(70)79-24-95-93(77,90-34-13-41(84-33(34)10)60-17-28(5)46(66)56-52(60)72)83-23-40-36(15-43(87-40)62-19-30(7)48(68)58-54(62)74)89-92(76)81-21-38-37(16-44(85-38)63-20-31(8)49(69)59-55(63)75)91-94(78,96-25-80-51(71)27(3)4)82-22-39-35(88-45(65)12-11-32(9)64)14-42(86-39)61-18-29(6)47(67)57-53(61)73;1-2/h17-20,26-27,33-44H,11-16,21-25H2,1-10H3,(H3-,56,57,58,59,66,67,68,69,72,73,74,75);2H,1H3/p+1/t33-,34?,35?,36?,37?,38-,39-,40-,41-,42-,43-,44-,93?,94?;/m1./s1/i10D;2T. The number of carbonyl (C=O) groups is 4. The van der Waals surface area contributed by atoms with Crippen LogP contribution < -0.4 is 45.0 Å². The summed E-state index contributed by atoms with van der Waals surface area (Å²) in [6.45, 7) is 0.841. The highest BCUT2D eigenvalue weighted by atomic mass is 32.7. The van der Waals surface area contributed by atoms with Gasteiger partial charge in [0.05, 0.1) is 43.7 Å². The van der Waals surface area contributed by atoms with E-state index in [2.05, 4.69) is 25.0 Å². The Bertz CT molecular complexity index is 4220. The number of hydrogen-bond donors (Lipinski definition) is 5. The lowest BCUT2D eigenvalue weighted by Crippen LogP contribution is -2.33. The molecule has 4 aromatic rings. The van der Waals surface area contributed by atoms with Gasteiger partial charge in [-0.3, -0.25) is 89.9 Å². The highest BCUT2D eigenvalue weighted by Gasteiger charge is 2.50. The molecule has 7 unspecified atom stereocenters.